The summed E-state index contributed by atoms with van der Waals surface area (Å²) in [4.78, 5) is 0. The topological polar surface area (TPSA) is 18.5 Å². The Morgan fingerprint density at radius 2 is 1.28 bits per heavy atom. The molecule has 0 aliphatic heterocycles. The van der Waals surface area contributed by atoms with Crippen molar-refractivity contribution in [2.24, 2.45) is 0 Å². The van der Waals surface area contributed by atoms with Gasteiger partial charge in [-0.2, -0.15) is 0 Å². The Kier molecular flexibility index (Phi) is 7.54. The highest BCUT2D eigenvalue weighted by Crippen LogP contribution is 2.34. The molecule has 0 saturated carbocycles. The zero-order valence-corrected chi connectivity index (χ0v) is 18.8. The van der Waals surface area contributed by atoms with Crippen LogP contribution in [0.25, 0.3) is 4.48 Å². The lowest BCUT2D eigenvalue weighted by Gasteiger charge is -2.16. The summed E-state index contributed by atoms with van der Waals surface area (Å²) in [6, 6.07) is 25.3. The molecule has 0 aliphatic rings. The first-order valence-electron chi connectivity index (χ1n) is 9.89. The third-order valence-electron chi connectivity index (χ3n) is 5.03. The molecule has 150 valence electrons. The summed E-state index contributed by atoms with van der Waals surface area (Å²) in [7, 11) is 3.38. The van der Waals surface area contributed by atoms with Crippen LogP contribution < -0.4 is 9.47 Å². The molecule has 3 rings (SSSR count). The molecule has 0 fully saturated rings. The van der Waals surface area contributed by atoms with E-state index in [1.165, 1.54) is 22.3 Å². The minimum absolute atomic E-state index is 0.108. The number of hydrogen-bond acceptors (Lipinski definition) is 2. The van der Waals surface area contributed by atoms with Gasteiger partial charge in [-0.1, -0.05) is 83.9 Å². The fraction of sp³-hybridized carbons (Fsp3) is 0.231. The van der Waals surface area contributed by atoms with E-state index in [-0.39, 0.29) is 5.92 Å². The van der Waals surface area contributed by atoms with Crippen molar-refractivity contribution in [1.82, 2.24) is 0 Å². The van der Waals surface area contributed by atoms with Crippen molar-refractivity contribution >= 4 is 20.4 Å². The van der Waals surface area contributed by atoms with Gasteiger partial charge in [0, 0.05) is 10.4 Å². The monoisotopic (exact) mass is 450 g/mol. The van der Waals surface area contributed by atoms with Gasteiger partial charge in [0.25, 0.3) is 0 Å². The van der Waals surface area contributed by atoms with Crippen molar-refractivity contribution in [3.63, 3.8) is 0 Å². The summed E-state index contributed by atoms with van der Waals surface area (Å²) < 4.78 is 11.7. The van der Waals surface area contributed by atoms with E-state index in [9.17, 15) is 0 Å². The second kappa shape index (κ2) is 10.3. The average Bonchev–Trinajstić information content (AvgIpc) is 2.78. The first-order chi connectivity index (χ1) is 14.1. The molecule has 0 aromatic heterocycles. The summed E-state index contributed by atoms with van der Waals surface area (Å²) in [5.41, 5.74) is 4.96. The number of benzene rings is 3. The van der Waals surface area contributed by atoms with Gasteiger partial charge in [-0.3, -0.25) is 0 Å². The molecule has 2 nitrogen and oxygen atoms in total. The van der Waals surface area contributed by atoms with E-state index >= 15 is 0 Å². The van der Waals surface area contributed by atoms with Gasteiger partial charge in [0.15, 0.2) is 0 Å². The Morgan fingerprint density at radius 1 is 0.793 bits per heavy atom. The zero-order chi connectivity index (χ0) is 20.6. The van der Waals surface area contributed by atoms with E-state index in [1.807, 2.05) is 24.3 Å². The summed E-state index contributed by atoms with van der Waals surface area (Å²) in [6.45, 7) is 2.21. The molecule has 3 aromatic carbocycles. The van der Waals surface area contributed by atoms with E-state index < -0.39 is 0 Å². The fourth-order valence-electron chi connectivity index (χ4n) is 3.37. The van der Waals surface area contributed by atoms with Crippen LogP contribution in [0.15, 0.2) is 78.9 Å². The molecule has 0 aliphatic carbocycles. The third-order valence-corrected chi connectivity index (χ3v) is 5.75. The lowest BCUT2D eigenvalue weighted by Crippen LogP contribution is -1.99. The Hall–Kier alpha value is -2.52. The van der Waals surface area contributed by atoms with Crippen LogP contribution in [-0.4, -0.2) is 14.2 Å². The number of halogens is 1. The van der Waals surface area contributed by atoms with Gasteiger partial charge >= 0.3 is 0 Å². The van der Waals surface area contributed by atoms with Crippen LogP contribution in [0.4, 0.5) is 0 Å². The highest BCUT2D eigenvalue weighted by atomic mass is 79.9. The molecular weight excluding hydrogens is 424 g/mol. The highest BCUT2D eigenvalue weighted by molar-refractivity contribution is 9.15. The van der Waals surface area contributed by atoms with Crippen LogP contribution in [0.2, 0.25) is 0 Å². The number of ether oxygens (including phenoxy) is 2. The van der Waals surface area contributed by atoms with Gasteiger partial charge in [0.2, 0.25) is 0 Å². The Labute approximate surface area is 182 Å². The maximum absolute atomic E-state index is 5.33. The smallest absolute Gasteiger partial charge is 0.118 e. The minimum atomic E-state index is 0.108. The summed E-state index contributed by atoms with van der Waals surface area (Å²) in [5, 5.41) is 0. The maximum Gasteiger partial charge on any atom is 0.118 e. The normalized spacial score (nSPS) is 11.6. The second-order valence-corrected chi connectivity index (χ2v) is 7.84. The SMILES string of the molecule is CCCc1ccc(/C(Br)=C\C(c2ccc(OC)cc2)c2ccc(OC)cc2)cc1. The Morgan fingerprint density at radius 3 is 1.69 bits per heavy atom. The quantitative estimate of drug-likeness (QED) is 0.360. The third kappa shape index (κ3) is 5.51. The Balaban J connectivity index is 1.97. The lowest BCUT2D eigenvalue weighted by atomic mass is 9.90. The minimum Gasteiger partial charge on any atom is -0.497 e. The maximum atomic E-state index is 5.33. The first-order valence-corrected chi connectivity index (χ1v) is 10.7. The first kappa shape index (κ1) is 21.2. The van der Waals surface area contributed by atoms with E-state index in [0.717, 1.165) is 28.8 Å². The predicted molar refractivity (Wildman–Crippen MR) is 125 cm³/mol. The number of aryl methyl sites for hydroxylation is 1. The van der Waals surface area contributed by atoms with Gasteiger partial charge in [-0.25, -0.2) is 0 Å². The molecule has 0 radical (unpaired) electrons. The van der Waals surface area contributed by atoms with Crippen LogP contribution in [0.3, 0.4) is 0 Å². The van der Waals surface area contributed by atoms with Gasteiger partial charge in [-0.15, -0.1) is 0 Å². The van der Waals surface area contributed by atoms with Crippen molar-refractivity contribution in [2.75, 3.05) is 14.2 Å². The molecule has 0 saturated heterocycles. The molecule has 0 bridgehead atoms. The van der Waals surface area contributed by atoms with Crippen LogP contribution in [0, 0.1) is 0 Å². The predicted octanol–water partition coefficient (Wildman–Crippen LogP) is 7.22. The largest absolute Gasteiger partial charge is 0.497 e. The van der Waals surface area contributed by atoms with Crippen LogP contribution in [0.5, 0.6) is 11.5 Å². The molecule has 3 heteroatoms. The van der Waals surface area contributed by atoms with E-state index in [4.69, 9.17) is 9.47 Å². The highest BCUT2D eigenvalue weighted by Gasteiger charge is 2.14. The van der Waals surface area contributed by atoms with Crippen LogP contribution >= 0.6 is 15.9 Å². The van der Waals surface area contributed by atoms with Gasteiger partial charge in [-0.05, 0) is 52.9 Å². The second-order valence-electron chi connectivity index (χ2n) is 6.99. The van der Waals surface area contributed by atoms with Crippen LogP contribution in [-0.2, 0) is 6.42 Å². The molecule has 0 atom stereocenters. The Bertz CT molecular complexity index is 878. The summed E-state index contributed by atoms with van der Waals surface area (Å²) >= 11 is 3.81. The molecule has 0 spiro atoms. The van der Waals surface area contributed by atoms with E-state index in [1.54, 1.807) is 14.2 Å². The van der Waals surface area contributed by atoms with E-state index in [2.05, 4.69) is 77.5 Å². The zero-order valence-electron chi connectivity index (χ0n) is 17.2. The summed E-state index contributed by atoms with van der Waals surface area (Å²) in [5.74, 6) is 1.82. The van der Waals surface area contributed by atoms with Gasteiger partial charge in [0.1, 0.15) is 11.5 Å². The van der Waals surface area contributed by atoms with Gasteiger partial charge < -0.3 is 9.47 Å². The molecule has 0 amide bonds. The van der Waals surface area contributed by atoms with Crippen molar-refractivity contribution < 1.29 is 9.47 Å². The van der Waals surface area contributed by atoms with E-state index in [0.29, 0.717) is 0 Å². The molecule has 0 heterocycles. The number of allylic oxidation sites excluding steroid dienone is 1. The van der Waals surface area contributed by atoms with Crippen molar-refractivity contribution in [1.29, 1.82) is 0 Å². The molecule has 0 unspecified atom stereocenters. The molecule has 0 N–H and O–H groups in total. The van der Waals surface area contributed by atoms with Crippen molar-refractivity contribution in [3.05, 3.63) is 101 Å². The fourth-order valence-corrected chi connectivity index (χ4v) is 3.90. The van der Waals surface area contributed by atoms with Crippen molar-refractivity contribution in [3.8, 4) is 11.5 Å². The number of hydrogen-bond donors (Lipinski definition) is 0. The summed E-state index contributed by atoms with van der Waals surface area (Å²) in [6.07, 6.45) is 4.54. The number of rotatable bonds is 8. The molecule has 29 heavy (non-hydrogen) atoms. The molecule has 3 aromatic rings. The lowest BCUT2D eigenvalue weighted by molar-refractivity contribution is 0.414. The van der Waals surface area contributed by atoms with Crippen molar-refractivity contribution in [2.45, 2.75) is 25.7 Å². The molecular formula is C26H27BrO2. The standard InChI is InChI=1S/C26H27BrO2/c1-4-5-19-6-8-22(9-7-19)26(27)18-25(20-10-14-23(28-2)15-11-20)21-12-16-24(29-3)17-13-21/h6-18,25H,4-5H2,1-3H3/b26-18+. The van der Waals surface area contributed by atoms with Gasteiger partial charge in [0.05, 0.1) is 14.2 Å². The average molecular weight is 451 g/mol. The van der Waals surface area contributed by atoms with Crippen LogP contribution in [0.1, 0.15) is 41.5 Å². The number of methoxy groups -OCH3 is 2.